The van der Waals surface area contributed by atoms with Crippen LogP contribution in [0.15, 0.2) is 71.5 Å². The number of hydrogen-bond donors (Lipinski definition) is 1. The average Bonchev–Trinajstić information content (AvgIpc) is 2.93. The molecule has 7 nitrogen and oxygen atoms in total. The number of piperazine rings is 1. The van der Waals surface area contributed by atoms with E-state index in [1.54, 1.807) is 29.8 Å². The lowest BCUT2D eigenvalue weighted by Crippen LogP contribution is -2.60. The highest BCUT2D eigenvalue weighted by molar-refractivity contribution is 5.89. The fourth-order valence-corrected chi connectivity index (χ4v) is 5.55. The van der Waals surface area contributed by atoms with Crippen molar-refractivity contribution in [3.63, 3.8) is 0 Å². The molecule has 0 radical (unpaired) electrons. The van der Waals surface area contributed by atoms with Crippen LogP contribution >= 0.6 is 0 Å². The van der Waals surface area contributed by atoms with Gasteiger partial charge in [0.25, 0.3) is 5.56 Å². The highest BCUT2D eigenvalue weighted by atomic mass is 16.3. The highest BCUT2D eigenvalue weighted by Crippen LogP contribution is 2.36. The minimum atomic E-state index is -0.183. The number of rotatable bonds is 5. The molecule has 5 rings (SSSR count). The first-order chi connectivity index (χ1) is 18.3. The van der Waals surface area contributed by atoms with Gasteiger partial charge in [0.05, 0.1) is 29.9 Å². The summed E-state index contributed by atoms with van der Waals surface area (Å²) in [6, 6.07) is 24.2. The Hall–Kier alpha value is -3.99. The van der Waals surface area contributed by atoms with Gasteiger partial charge in [0.2, 0.25) is 0 Å². The van der Waals surface area contributed by atoms with Crippen molar-refractivity contribution in [1.29, 1.82) is 5.26 Å². The molecule has 0 bridgehead atoms. The van der Waals surface area contributed by atoms with Crippen LogP contribution in [0.2, 0.25) is 0 Å². The van der Waals surface area contributed by atoms with Crippen molar-refractivity contribution in [3.8, 4) is 6.07 Å². The summed E-state index contributed by atoms with van der Waals surface area (Å²) in [5.41, 5.74) is 6.94. The van der Waals surface area contributed by atoms with Crippen molar-refractivity contribution in [2.45, 2.75) is 38.9 Å². The predicted molar refractivity (Wildman–Crippen MR) is 150 cm³/mol. The Kier molecular flexibility index (Phi) is 7.02. The van der Waals surface area contributed by atoms with Crippen LogP contribution in [-0.2, 0) is 7.05 Å². The largest absolute Gasteiger partial charge is 0.395 e. The monoisotopic (exact) mass is 507 g/mol. The molecule has 1 aliphatic heterocycles. The summed E-state index contributed by atoms with van der Waals surface area (Å²) in [7, 11) is 1.72. The lowest BCUT2D eigenvalue weighted by molar-refractivity contribution is 0.0727. The number of aliphatic hydroxyl groups excluding tert-OH is 1. The summed E-state index contributed by atoms with van der Waals surface area (Å²) < 4.78 is 1.56. The zero-order valence-electron chi connectivity index (χ0n) is 22.3. The molecule has 194 valence electrons. The maximum atomic E-state index is 12.9. The number of pyridine rings is 2. The van der Waals surface area contributed by atoms with Gasteiger partial charge in [-0.3, -0.25) is 9.69 Å². The van der Waals surface area contributed by atoms with E-state index in [-0.39, 0.29) is 30.3 Å². The summed E-state index contributed by atoms with van der Waals surface area (Å²) >= 11 is 0. The lowest BCUT2D eigenvalue weighted by Gasteiger charge is -2.49. The molecule has 4 aromatic rings. The maximum Gasteiger partial charge on any atom is 0.252 e. The first-order valence-corrected chi connectivity index (χ1v) is 13.0. The SMILES string of the molecule is Cc1ccc(C(c2ccc(C)cc2)N2C[C@H](C)N(c3cc(=O)n(C)c4ccc(C#N)nc34)C[C@H]2CO)cc1. The Morgan fingerprint density at radius 3 is 2.16 bits per heavy atom. The quantitative estimate of drug-likeness (QED) is 0.438. The number of aromatic nitrogens is 2. The fraction of sp³-hybridized carbons (Fsp3) is 0.323. The summed E-state index contributed by atoms with van der Waals surface area (Å²) in [5.74, 6) is 0. The van der Waals surface area contributed by atoms with Crippen LogP contribution in [0.25, 0.3) is 11.0 Å². The first-order valence-electron chi connectivity index (χ1n) is 13.0. The van der Waals surface area contributed by atoms with Crippen molar-refractivity contribution >= 4 is 16.7 Å². The summed E-state index contributed by atoms with van der Waals surface area (Å²) in [6.07, 6.45) is 0. The topological polar surface area (TPSA) is 85.4 Å². The molecule has 7 heteroatoms. The number of hydrogen-bond acceptors (Lipinski definition) is 6. The highest BCUT2D eigenvalue weighted by Gasteiger charge is 2.37. The van der Waals surface area contributed by atoms with Gasteiger partial charge in [0, 0.05) is 32.2 Å². The van der Waals surface area contributed by atoms with E-state index >= 15 is 0 Å². The Labute approximate surface area is 223 Å². The molecular weight excluding hydrogens is 474 g/mol. The standard InChI is InChI=1S/C31H33N5O2/c1-20-5-9-23(10-6-20)31(24-11-7-21(2)8-12-24)36-17-22(3)35(18-26(36)19-37)28-15-29(38)34(4)27-14-13-25(16-32)33-30(27)28/h5-15,22,26,31,37H,17-19H2,1-4H3/t22-,26-/m0/s1. The molecule has 0 aliphatic carbocycles. The normalized spacial score (nSPS) is 18.2. The van der Waals surface area contributed by atoms with Crippen molar-refractivity contribution < 1.29 is 5.11 Å². The molecule has 0 amide bonds. The van der Waals surface area contributed by atoms with E-state index in [2.05, 4.69) is 90.2 Å². The Balaban J connectivity index is 1.58. The van der Waals surface area contributed by atoms with E-state index in [0.29, 0.717) is 35.5 Å². The number of anilines is 1. The third-order valence-electron chi connectivity index (χ3n) is 7.70. The van der Waals surface area contributed by atoms with E-state index in [1.807, 2.05) is 0 Å². The van der Waals surface area contributed by atoms with Crippen LogP contribution in [0.1, 0.15) is 40.9 Å². The zero-order valence-corrected chi connectivity index (χ0v) is 22.3. The van der Waals surface area contributed by atoms with E-state index in [0.717, 1.165) is 0 Å². The molecule has 1 fully saturated rings. The van der Waals surface area contributed by atoms with E-state index in [1.165, 1.54) is 22.3 Å². The van der Waals surface area contributed by atoms with Gasteiger partial charge < -0.3 is 14.6 Å². The van der Waals surface area contributed by atoms with Crippen molar-refractivity contribution in [2.75, 3.05) is 24.6 Å². The molecule has 2 atom stereocenters. The summed E-state index contributed by atoms with van der Waals surface area (Å²) in [5, 5.41) is 20.1. The molecular formula is C31H33N5O2. The Morgan fingerprint density at radius 2 is 1.61 bits per heavy atom. The van der Waals surface area contributed by atoms with Gasteiger partial charge in [-0.1, -0.05) is 59.7 Å². The molecule has 0 saturated carbocycles. The minimum Gasteiger partial charge on any atom is -0.395 e. The van der Waals surface area contributed by atoms with Crippen LogP contribution < -0.4 is 10.5 Å². The summed E-state index contributed by atoms with van der Waals surface area (Å²) in [4.78, 5) is 22.0. The van der Waals surface area contributed by atoms with Crippen LogP contribution in [-0.4, -0.2) is 51.3 Å². The molecule has 1 saturated heterocycles. The van der Waals surface area contributed by atoms with Crippen molar-refractivity contribution in [2.24, 2.45) is 7.05 Å². The van der Waals surface area contributed by atoms with E-state index < -0.39 is 0 Å². The maximum absolute atomic E-state index is 12.9. The molecule has 2 aromatic heterocycles. The van der Waals surface area contributed by atoms with Gasteiger partial charge in [0.15, 0.2) is 0 Å². The molecule has 38 heavy (non-hydrogen) atoms. The van der Waals surface area contributed by atoms with Gasteiger partial charge in [-0.2, -0.15) is 5.26 Å². The Morgan fingerprint density at radius 1 is 1.00 bits per heavy atom. The van der Waals surface area contributed by atoms with Gasteiger partial charge in [-0.25, -0.2) is 4.98 Å². The van der Waals surface area contributed by atoms with Crippen LogP contribution in [0, 0.1) is 25.2 Å². The third-order valence-corrected chi connectivity index (χ3v) is 7.70. The van der Waals surface area contributed by atoms with Crippen LogP contribution in [0.5, 0.6) is 0 Å². The predicted octanol–water partition coefficient (Wildman–Crippen LogP) is 4.08. The number of aryl methyl sites for hydroxylation is 3. The molecule has 3 heterocycles. The average molecular weight is 508 g/mol. The molecule has 2 aromatic carbocycles. The van der Waals surface area contributed by atoms with Crippen LogP contribution in [0.3, 0.4) is 0 Å². The Bertz CT molecular complexity index is 1510. The van der Waals surface area contributed by atoms with E-state index in [4.69, 9.17) is 0 Å². The molecule has 1 N–H and O–H groups in total. The second-order valence-corrected chi connectivity index (χ2v) is 10.4. The number of fused-ring (bicyclic) bond motifs is 1. The van der Waals surface area contributed by atoms with Gasteiger partial charge in [-0.15, -0.1) is 0 Å². The summed E-state index contributed by atoms with van der Waals surface area (Å²) in [6.45, 7) is 7.47. The number of benzene rings is 2. The number of nitrogens with zero attached hydrogens (tertiary/aromatic N) is 5. The van der Waals surface area contributed by atoms with Gasteiger partial charge >= 0.3 is 0 Å². The molecule has 0 spiro atoms. The third kappa shape index (κ3) is 4.69. The minimum absolute atomic E-state index is 0.0262. The zero-order chi connectivity index (χ0) is 27.0. The van der Waals surface area contributed by atoms with Gasteiger partial charge in [-0.05, 0) is 44.0 Å². The second-order valence-electron chi connectivity index (χ2n) is 10.4. The first kappa shape index (κ1) is 25.7. The smallest absolute Gasteiger partial charge is 0.252 e. The molecule has 1 aliphatic rings. The van der Waals surface area contributed by atoms with Crippen molar-refractivity contribution in [1.82, 2.24) is 14.5 Å². The van der Waals surface area contributed by atoms with Crippen LogP contribution in [0.4, 0.5) is 5.69 Å². The van der Waals surface area contributed by atoms with Gasteiger partial charge in [0.1, 0.15) is 17.3 Å². The number of nitriles is 1. The van der Waals surface area contributed by atoms with E-state index in [9.17, 15) is 15.2 Å². The lowest BCUT2D eigenvalue weighted by atomic mass is 9.92. The number of aliphatic hydroxyl groups is 1. The molecule has 0 unspecified atom stereocenters. The van der Waals surface area contributed by atoms with Crippen molar-refractivity contribution in [3.05, 3.63) is 105 Å². The second kappa shape index (κ2) is 10.4. The fourth-order valence-electron chi connectivity index (χ4n) is 5.55.